The number of amidine groups is 2. The van der Waals surface area contributed by atoms with Gasteiger partial charge < -0.3 is 14.0 Å². The first-order valence-corrected chi connectivity index (χ1v) is 24.4. The van der Waals surface area contributed by atoms with Crippen molar-refractivity contribution in [2.75, 3.05) is 7.05 Å². The number of aromatic nitrogens is 2. The van der Waals surface area contributed by atoms with Crippen LogP contribution in [0.15, 0.2) is 247 Å². The topological polar surface area (TPSA) is 37.8 Å². The molecular weight excluding hydrogens is 863 g/mol. The van der Waals surface area contributed by atoms with Gasteiger partial charge in [0.1, 0.15) is 5.84 Å². The van der Waals surface area contributed by atoms with E-state index in [2.05, 4.69) is 258 Å². The van der Waals surface area contributed by atoms with E-state index >= 15 is 0 Å². The molecule has 332 valence electrons. The van der Waals surface area contributed by atoms with Gasteiger partial charge in [-0.05, 0) is 91.6 Å². The van der Waals surface area contributed by atoms with E-state index in [0.29, 0.717) is 0 Å². The molecule has 0 spiro atoms. The number of para-hydroxylation sites is 2. The summed E-state index contributed by atoms with van der Waals surface area (Å²) in [6, 6.07) is 86.3. The van der Waals surface area contributed by atoms with Crippen molar-refractivity contribution < 1.29 is 0 Å². The van der Waals surface area contributed by atoms with E-state index < -0.39 is 0 Å². The van der Waals surface area contributed by atoms with Gasteiger partial charge in [0.2, 0.25) is 0 Å². The van der Waals surface area contributed by atoms with E-state index in [4.69, 9.17) is 9.98 Å². The fourth-order valence-corrected chi connectivity index (χ4v) is 11.9. The summed E-state index contributed by atoms with van der Waals surface area (Å²) in [5.74, 6) is 1.60. The van der Waals surface area contributed by atoms with Crippen LogP contribution >= 0.6 is 0 Å². The lowest BCUT2D eigenvalue weighted by atomic mass is 9.98. The fraction of sp³-hybridized carbons (Fsp3) is 0.0303. The molecule has 14 aromatic rings. The van der Waals surface area contributed by atoms with Crippen molar-refractivity contribution in [3.05, 3.63) is 253 Å². The van der Waals surface area contributed by atoms with Crippen LogP contribution in [0.25, 0.3) is 109 Å². The summed E-state index contributed by atoms with van der Waals surface area (Å²) in [5, 5.41) is 17.1. The normalized spacial score (nSPS) is 14.3. The zero-order valence-corrected chi connectivity index (χ0v) is 38.8. The summed E-state index contributed by atoms with van der Waals surface area (Å²) < 4.78 is 4.95. The summed E-state index contributed by atoms with van der Waals surface area (Å²) >= 11 is 0. The largest absolute Gasteiger partial charge is 0.333 e. The summed E-state index contributed by atoms with van der Waals surface area (Å²) in [5.41, 5.74) is 10.2. The van der Waals surface area contributed by atoms with Gasteiger partial charge in [0.25, 0.3) is 0 Å². The second kappa shape index (κ2) is 15.3. The molecule has 1 aliphatic heterocycles. The Balaban J connectivity index is 0.916. The third-order valence-corrected chi connectivity index (χ3v) is 15.1. The van der Waals surface area contributed by atoms with Crippen molar-refractivity contribution in [1.29, 1.82) is 0 Å². The predicted molar refractivity (Wildman–Crippen MR) is 299 cm³/mol. The number of benzene rings is 12. The van der Waals surface area contributed by atoms with Crippen molar-refractivity contribution in [1.82, 2.24) is 14.0 Å². The number of aliphatic imine (C=N–C) groups is 2. The molecule has 12 aromatic carbocycles. The Morgan fingerprint density at radius 2 is 0.915 bits per heavy atom. The summed E-state index contributed by atoms with van der Waals surface area (Å²) in [6.07, 6.45) is -0.344. The van der Waals surface area contributed by atoms with Crippen LogP contribution in [0, 0.1) is 0 Å². The van der Waals surface area contributed by atoms with Gasteiger partial charge in [-0.2, -0.15) is 0 Å². The van der Waals surface area contributed by atoms with Gasteiger partial charge >= 0.3 is 0 Å². The fourth-order valence-electron chi connectivity index (χ4n) is 11.9. The number of rotatable bonds is 5. The number of nitrogens with zero attached hydrogens (tertiary/aromatic N) is 5. The molecule has 0 bridgehead atoms. The molecule has 15 rings (SSSR count). The van der Waals surface area contributed by atoms with E-state index in [-0.39, 0.29) is 6.17 Å². The number of hydrogen-bond donors (Lipinski definition) is 0. The van der Waals surface area contributed by atoms with Gasteiger partial charge in [-0.15, -0.1) is 0 Å². The second-order valence-electron chi connectivity index (χ2n) is 18.9. The number of hydrogen-bond acceptors (Lipinski definition) is 3. The number of fused-ring (bicyclic) bond motifs is 13. The van der Waals surface area contributed by atoms with Crippen LogP contribution in [-0.4, -0.2) is 32.8 Å². The van der Waals surface area contributed by atoms with Crippen LogP contribution in [0.3, 0.4) is 0 Å². The predicted octanol–water partition coefficient (Wildman–Crippen LogP) is 16.5. The molecule has 0 radical (unpaired) electrons. The van der Waals surface area contributed by atoms with Crippen LogP contribution in [0.4, 0.5) is 0 Å². The molecule has 2 aromatic heterocycles. The average molecular weight is 906 g/mol. The Morgan fingerprint density at radius 3 is 1.76 bits per heavy atom. The van der Waals surface area contributed by atoms with Crippen molar-refractivity contribution in [2.45, 2.75) is 6.17 Å². The monoisotopic (exact) mass is 905 g/mol. The lowest BCUT2D eigenvalue weighted by Crippen LogP contribution is -2.35. The van der Waals surface area contributed by atoms with Gasteiger partial charge in [0.05, 0.1) is 33.4 Å². The highest BCUT2D eigenvalue weighted by molar-refractivity contribution is 6.23. The quantitative estimate of drug-likeness (QED) is 0.159. The SMILES string of the molecule is CN1C(c2ccccc2)=NC(c2ccc3c(ccc4ccccc43)c2)=NC1c1cccc2c(-n3c4ccccc4c4cc5c(-n6c7ccccc7c7c8ccccc8ccc76)cccc5cc43)cccc12. The van der Waals surface area contributed by atoms with Crippen LogP contribution in [0.2, 0.25) is 0 Å². The molecule has 1 atom stereocenters. The highest BCUT2D eigenvalue weighted by Crippen LogP contribution is 2.43. The minimum Gasteiger partial charge on any atom is -0.333 e. The smallest absolute Gasteiger partial charge is 0.159 e. The molecule has 5 heteroatoms. The minimum atomic E-state index is -0.344. The first-order chi connectivity index (χ1) is 35.1. The van der Waals surface area contributed by atoms with Crippen LogP contribution in [0.1, 0.15) is 22.9 Å². The molecule has 1 unspecified atom stereocenters. The molecule has 71 heavy (non-hydrogen) atoms. The maximum atomic E-state index is 5.55. The Labute approximate surface area is 409 Å². The molecular formula is C66H43N5. The summed E-state index contributed by atoms with van der Waals surface area (Å²) in [7, 11) is 2.12. The van der Waals surface area contributed by atoms with Crippen molar-refractivity contribution in [2.24, 2.45) is 9.98 Å². The summed E-state index contributed by atoms with van der Waals surface area (Å²) in [4.78, 5) is 13.1. The van der Waals surface area contributed by atoms with Crippen LogP contribution < -0.4 is 0 Å². The van der Waals surface area contributed by atoms with E-state index in [9.17, 15) is 0 Å². The van der Waals surface area contributed by atoms with Crippen molar-refractivity contribution in [3.63, 3.8) is 0 Å². The molecule has 0 saturated heterocycles. The zero-order chi connectivity index (χ0) is 46.7. The van der Waals surface area contributed by atoms with E-state index in [1.807, 2.05) is 0 Å². The Hall–Kier alpha value is -9.32. The van der Waals surface area contributed by atoms with Gasteiger partial charge in [0.15, 0.2) is 12.0 Å². The average Bonchev–Trinajstić information content (AvgIpc) is 3.95. The third kappa shape index (κ3) is 5.93. The van der Waals surface area contributed by atoms with E-state index in [0.717, 1.165) is 44.8 Å². The van der Waals surface area contributed by atoms with Gasteiger partial charge in [-0.25, -0.2) is 9.98 Å². The molecule has 0 N–H and O–H groups in total. The van der Waals surface area contributed by atoms with Crippen molar-refractivity contribution in [3.8, 4) is 11.4 Å². The second-order valence-corrected chi connectivity index (χ2v) is 18.9. The third-order valence-electron chi connectivity index (χ3n) is 15.1. The first-order valence-electron chi connectivity index (χ1n) is 24.4. The van der Waals surface area contributed by atoms with Crippen LogP contribution in [-0.2, 0) is 0 Å². The van der Waals surface area contributed by atoms with Gasteiger partial charge in [-0.3, -0.25) is 0 Å². The Morgan fingerprint density at radius 1 is 0.338 bits per heavy atom. The molecule has 0 aliphatic carbocycles. The molecule has 0 fully saturated rings. The van der Waals surface area contributed by atoms with Crippen molar-refractivity contribution >= 4 is 109 Å². The van der Waals surface area contributed by atoms with Gasteiger partial charge in [0, 0.05) is 56.1 Å². The maximum absolute atomic E-state index is 5.55. The molecule has 1 aliphatic rings. The minimum absolute atomic E-state index is 0.344. The van der Waals surface area contributed by atoms with E-state index in [1.54, 1.807) is 0 Å². The van der Waals surface area contributed by atoms with Gasteiger partial charge in [-0.1, -0.05) is 188 Å². The highest BCUT2D eigenvalue weighted by Gasteiger charge is 2.29. The Kier molecular flexibility index (Phi) is 8.57. The first kappa shape index (κ1) is 39.7. The lowest BCUT2D eigenvalue weighted by molar-refractivity contribution is 0.385. The highest BCUT2D eigenvalue weighted by atomic mass is 15.3. The molecule has 5 nitrogen and oxygen atoms in total. The standard InChI is InChI=1S/C66H43N5/c1-69-65(43-18-3-2-4-19-43)67-64(46-34-36-48-45(38-46)33-32-41-16-5-7-21-47(41)48)68-66(69)53-27-14-26-51-50(53)25-15-31-58(51)71-57-28-11-9-23-52(57)56-40-55-44(39-62(56)71)20-13-30-60(55)70-59-29-12-10-24-54(59)63-49-22-8-6-17-42(49)35-37-61(63)70/h2-40,66H,1H3. The molecule has 0 saturated carbocycles. The summed E-state index contributed by atoms with van der Waals surface area (Å²) in [6.45, 7) is 0. The lowest BCUT2D eigenvalue weighted by Gasteiger charge is -2.33. The van der Waals surface area contributed by atoms with Crippen LogP contribution in [0.5, 0.6) is 0 Å². The zero-order valence-electron chi connectivity index (χ0n) is 38.8. The maximum Gasteiger partial charge on any atom is 0.159 e. The Bertz CT molecular complexity index is 4610. The molecule has 0 amide bonds. The molecule has 3 heterocycles. The van der Waals surface area contributed by atoms with E-state index in [1.165, 1.54) is 92.4 Å².